The molecule has 0 aliphatic heterocycles. The molecule has 0 atom stereocenters. The van der Waals surface area contributed by atoms with E-state index in [2.05, 4.69) is 0 Å². The van der Waals surface area contributed by atoms with E-state index in [1.54, 1.807) is 31.2 Å². The van der Waals surface area contributed by atoms with Crippen molar-refractivity contribution in [2.45, 2.75) is 18.7 Å². The van der Waals surface area contributed by atoms with Gasteiger partial charge in [-0.2, -0.15) is 4.31 Å². The van der Waals surface area contributed by atoms with Gasteiger partial charge in [0.2, 0.25) is 10.0 Å². The number of sulfonamides is 1. The minimum absolute atomic E-state index is 0.0710. The van der Waals surface area contributed by atoms with E-state index >= 15 is 0 Å². The van der Waals surface area contributed by atoms with Crippen LogP contribution in [0.1, 0.15) is 11.1 Å². The maximum atomic E-state index is 13.4. The minimum Gasteiger partial charge on any atom is -0.489 e. The Morgan fingerprint density at radius 2 is 1.83 bits per heavy atom. The van der Waals surface area contributed by atoms with Gasteiger partial charge in [0.15, 0.2) is 11.6 Å². The zero-order valence-electron chi connectivity index (χ0n) is 13.4. The van der Waals surface area contributed by atoms with Crippen LogP contribution in [0.15, 0.2) is 47.4 Å². The summed E-state index contributed by atoms with van der Waals surface area (Å²) in [5.41, 5.74) is 1.71. The molecule has 2 rings (SSSR count). The molecule has 0 fully saturated rings. The van der Waals surface area contributed by atoms with Gasteiger partial charge in [-0.15, -0.1) is 0 Å². The van der Waals surface area contributed by atoms with Crippen LogP contribution in [0.4, 0.5) is 4.39 Å². The number of hydrogen-bond donors (Lipinski definition) is 0. The zero-order valence-corrected chi connectivity index (χ0v) is 14.2. The van der Waals surface area contributed by atoms with Gasteiger partial charge >= 0.3 is 0 Å². The Kier molecular flexibility index (Phi) is 5.38. The molecule has 0 spiro atoms. The first kappa shape index (κ1) is 17.4. The van der Waals surface area contributed by atoms with Gasteiger partial charge < -0.3 is 4.74 Å². The highest BCUT2D eigenvalue weighted by Gasteiger charge is 2.22. The van der Waals surface area contributed by atoms with Crippen molar-refractivity contribution in [3.8, 4) is 5.75 Å². The summed E-state index contributed by atoms with van der Waals surface area (Å²) in [6.07, 6.45) is 0. The number of ether oxygens (including phenoxy) is 1. The molecule has 4 nitrogen and oxygen atoms in total. The van der Waals surface area contributed by atoms with Gasteiger partial charge in [-0.05, 0) is 37.6 Å². The van der Waals surface area contributed by atoms with Gasteiger partial charge in [-0.25, -0.2) is 12.8 Å². The predicted octanol–water partition coefficient (Wildman–Crippen LogP) is 3.14. The van der Waals surface area contributed by atoms with E-state index in [1.165, 1.54) is 23.5 Å². The van der Waals surface area contributed by atoms with Crippen LogP contribution in [-0.2, 0) is 10.0 Å². The van der Waals surface area contributed by atoms with E-state index in [-0.39, 0.29) is 23.8 Å². The normalized spacial score (nSPS) is 11.7. The highest BCUT2D eigenvalue weighted by molar-refractivity contribution is 7.89. The number of para-hydroxylation sites is 1. The van der Waals surface area contributed by atoms with Gasteiger partial charge in [-0.3, -0.25) is 0 Å². The van der Waals surface area contributed by atoms with E-state index in [4.69, 9.17) is 4.74 Å². The zero-order chi connectivity index (χ0) is 17.0. The van der Waals surface area contributed by atoms with E-state index in [9.17, 15) is 12.8 Å². The van der Waals surface area contributed by atoms with Crippen molar-refractivity contribution < 1.29 is 17.5 Å². The van der Waals surface area contributed by atoms with Gasteiger partial charge in [-0.1, -0.05) is 29.8 Å². The van der Waals surface area contributed by atoms with Crippen LogP contribution >= 0.6 is 0 Å². The van der Waals surface area contributed by atoms with Gasteiger partial charge in [0.05, 0.1) is 4.90 Å². The van der Waals surface area contributed by atoms with Crippen molar-refractivity contribution in [3.05, 3.63) is 59.4 Å². The molecule has 0 radical (unpaired) electrons. The number of nitrogens with zero attached hydrogens (tertiary/aromatic N) is 1. The molecule has 0 aromatic heterocycles. The number of rotatable bonds is 6. The van der Waals surface area contributed by atoms with Gasteiger partial charge in [0.25, 0.3) is 0 Å². The first-order valence-corrected chi connectivity index (χ1v) is 8.67. The largest absolute Gasteiger partial charge is 0.489 e. The lowest BCUT2D eigenvalue weighted by molar-refractivity contribution is 0.275. The maximum Gasteiger partial charge on any atom is 0.243 e. The summed E-state index contributed by atoms with van der Waals surface area (Å²) in [6.45, 7) is 3.88. The summed E-state index contributed by atoms with van der Waals surface area (Å²) in [5.74, 6) is -0.350. The molecular formula is C17H20FNO3S. The Morgan fingerprint density at radius 3 is 2.48 bits per heavy atom. The highest BCUT2D eigenvalue weighted by atomic mass is 32.2. The van der Waals surface area contributed by atoms with Crippen molar-refractivity contribution in [1.82, 2.24) is 4.31 Å². The van der Waals surface area contributed by atoms with E-state index in [0.29, 0.717) is 5.56 Å². The number of halogens is 1. The van der Waals surface area contributed by atoms with E-state index in [0.717, 1.165) is 5.56 Å². The van der Waals surface area contributed by atoms with Crippen LogP contribution in [0.5, 0.6) is 5.75 Å². The van der Waals surface area contributed by atoms with Crippen LogP contribution in [0.3, 0.4) is 0 Å². The smallest absolute Gasteiger partial charge is 0.243 e. The van der Waals surface area contributed by atoms with Crippen LogP contribution in [0.25, 0.3) is 0 Å². The summed E-state index contributed by atoms with van der Waals surface area (Å²) in [4.78, 5) is 0.275. The summed E-state index contributed by atoms with van der Waals surface area (Å²) < 4.78 is 45.1. The SMILES string of the molecule is Cc1ccc(S(=O)(=O)N(C)CCOc2ccccc2F)c(C)c1. The van der Waals surface area contributed by atoms with E-state index in [1.807, 2.05) is 13.0 Å². The Hall–Kier alpha value is -1.92. The standard InChI is InChI=1S/C17H20FNO3S/c1-13-8-9-17(14(2)12-13)23(20,21)19(3)10-11-22-16-7-5-4-6-15(16)18/h4-9,12H,10-11H2,1-3H3. The summed E-state index contributed by atoms with van der Waals surface area (Å²) >= 11 is 0. The second-order valence-electron chi connectivity index (χ2n) is 5.37. The van der Waals surface area contributed by atoms with Crippen LogP contribution in [-0.4, -0.2) is 32.9 Å². The molecule has 0 aliphatic rings. The maximum absolute atomic E-state index is 13.4. The second kappa shape index (κ2) is 7.10. The lowest BCUT2D eigenvalue weighted by Crippen LogP contribution is -2.31. The molecular weight excluding hydrogens is 317 g/mol. The third-order valence-electron chi connectivity index (χ3n) is 3.52. The number of benzene rings is 2. The predicted molar refractivity (Wildman–Crippen MR) is 87.6 cm³/mol. The van der Waals surface area contributed by atoms with Crippen molar-refractivity contribution in [2.75, 3.05) is 20.2 Å². The quantitative estimate of drug-likeness (QED) is 0.813. The molecule has 2 aromatic carbocycles. The third kappa shape index (κ3) is 4.09. The number of aryl methyl sites for hydroxylation is 2. The monoisotopic (exact) mass is 337 g/mol. The fourth-order valence-corrected chi connectivity index (χ4v) is 3.58. The lowest BCUT2D eigenvalue weighted by atomic mass is 10.2. The van der Waals surface area contributed by atoms with E-state index < -0.39 is 15.8 Å². The minimum atomic E-state index is -3.59. The molecule has 6 heteroatoms. The average Bonchev–Trinajstić information content (AvgIpc) is 2.48. The Balaban J connectivity index is 2.04. The Morgan fingerprint density at radius 1 is 1.13 bits per heavy atom. The van der Waals surface area contributed by atoms with Crippen molar-refractivity contribution in [1.29, 1.82) is 0 Å². The molecule has 0 heterocycles. The molecule has 0 N–H and O–H groups in total. The Labute approximate surface area is 136 Å². The molecule has 0 unspecified atom stereocenters. The fraction of sp³-hybridized carbons (Fsp3) is 0.294. The van der Waals surface area contributed by atoms with Crippen molar-refractivity contribution >= 4 is 10.0 Å². The topological polar surface area (TPSA) is 46.6 Å². The summed E-state index contributed by atoms with van der Waals surface area (Å²) in [5, 5.41) is 0. The number of hydrogen-bond acceptors (Lipinski definition) is 3. The molecule has 0 amide bonds. The first-order chi connectivity index (χ1) is 10.8. The lowest BCUT2D eigenvalue weighted by Gasteiger charge is -2.19. The molecule has 124 valence electrons. The van der Waals surface area contributed by atoms with Crippen LogP contribution in [0.2, 0.25) is 0 Å². The summed E-state index contributed by atoms with van der Waals surface area (Å²) in [7, 11) is -2.11. The van der Waals surface area contributed by atoms with Crippen molar-refractivity contribution in [3.63, 3.8) is 0 Å². The molecule has 0 aliphatic carbocycles. The summed E-state index contributed by atoms with van der Waals surface area (Å²) in [6, 6.07) is 11.2. The molecule has 2 aromatic rings. The molecule has 23 heavy (non-hydrogen) atoms. The van der Waals surface area contributed by atoms with Gasteiger partial charge in [0.1, 0.15) is 6.61 Å². The van der Waals surface area contributed by atoms with Crippen LogP contribution < -0.4 is 4.74 Å². The second-order valence-corrected chi connectivity index (χ2v) is 7.39. The molecule has 0 saturated carbocycles. The van der Waals surface area contributed by atoms with Crippen LogP contribution in [0, 0.1) is 19.7 Å². The average molecular weight is 337 g/mol. The molecule has 0 bridgehead atoms. The third-order valence-corrected chi connectivity index (χ3v) is 5.54. The van der Waals surface area contributed by atoms with Gasteiger partial charge in [0, 0.05) is 13.6 Å². The van der Waals surface area contributed by atoms with Crippen molar-refractivity contribution in [2.24, 2.45) is 0 Å². The number of likely N-dealkylation sites (N-methyl/N-ethyl adjacent to an activating group) is 1. The fourth-order valence-electron chi connectivity index (χ4n) is 2.22. The highest BCUT2D eigenvalue weighted by Crippen LogP contribution is 2.20. The first-order valence-electron chi connectivity index (χ1n) is 7.23. The molecule has 0 saturated heterocycles. The Bertz CT molecular complexity index is 790.